The van der Waals surface area contributed by atoms with Crippen molar-refractivity contribution in [2.45, 2.75) is 39.6 Å². The highest BCUT2D eigenvalue weighted by atomic mass is 16.5. The molecule has 6 nitrogen and oxygen atoms in total. The molecular formula is C22H25N3O3. The number of ether oxygens (including phenoxy) is 2. The van der Waals surface area contributed by atoms with Gasteiger partial charge in [0, 0.05) is 31.0 Å². The maximum atomic E-state index is 12.7. The molecule has 1 fully saturated rings. The SMILES string of the molecule is Cc1cccn2cc(COc3ccc(C(=O)N4C[C@@H](C)O[C@H](C)C4)cc3)nc12. The second-order valence-electron chi connectivity index (χ2n) is 7.43. The number of hydrogen-bond donors (Lipinski definition) is 0. The van der Waals surface area contributed by atoms with Crippen LogP contribution >= 0.6 is 0 Å². The zero-order chi connectivity index (χ0) is 19.7. The molecule has 1 aliphatic heterocycles. The third kappa shape index (κ3) is 3.87. The number of amides is 1. The van der Waals surface area contributed by atoms with Crippen molar-refractivity contribution in [3.8, 4) is 5.75 Å². The molecule has 1 aromatic carbocycles. The zero-order valence-corrected chi connectivity index (χ0v) is 16.5. The molecule has 0 saturated carbocycles. The van der Waals surface area contributed by atoms with Crippen LogP contribution in [0.4, 0.5) is 0 Å². The number of hydrogen-bond acceptors (Lipinski definition) is 4. The standard InChI is InChI=1S/C22H25N3O3/c1-15-5-4-10-24-13-19(23-21(15)24)14-27-20-8-6-18(7-9-20)22(26)25-11-16(2)28-17(3)12-25/h4-10,13,16-17H,11-12,14H2,1-3H3/t16-,17-/m1/s1. The zero-order valence-electron chi connectivity index (χ0n) is 16.5. The lowest BCUT2D eigenvalue weighted by Crippen LogP contribution is -2.48. The molecule has 0 radical (unpaired) electrons. The van der Waals surface area contributed by atoms with E-state index < -0.39 is 0 Å². The van der Waals surface area contributed by atoms with Crippen LogP contribution in [0.15, 0.2) is 48.8 Å². The van der Waals surface area contributed by atoms with Crippen LogP contribution in [0, 0.1) is 6.92 Å². The Bertz CT molecular complexity index is 970. The van der Waals surface area contributed by atoms with E-state index >= 15 is 0 Å². The summed E-state index contributed by atoms with van der Waals surface area (Å²) < 4.78 is 13.6. The highest BCUT2D eigenvalue weighted by Crippen LogP contribution is 2.18. The van der Waals surface area contributed by atoms with E-state index in [-0.39, 0.29) is 18.1 Å². The predicted octanol–water partition coefficient (Wildman–Crippen LogP) is 3.47. The molecule has 0 unspecified atom stereocenters. The van der Waals surface area contributed by atoms with Gasteiger partial charge in [-0.1, -0.05) is 6.07 Å². The van der Waals surface area contributed by atoms with E-state index in [1.807, 2.05) is 78.9 Å². The molecule has 4 rings (SSSR count). The van der Waals surface area contributed by atoms with Gasteiger partial charge in [-0.2, -0.15) is 0 Å². The first-order valence-corrected chi connectivity index (χ1v) is 9.60. The van der Waals surface area contributed by atoms with Crippen LogP contribution in [0.25, 0.3) is 5.65 Å². The molecule has 3 heterocycles. The first-order chi connectivity index (χ1) is 13.5. The van der Waals surface area contributed by atoms with Gasteiger partial charge in [0.25, 0.3) is 5.91 Å². The van der Waals surface area contributed by atoms with Crippen molar-refractivity contribution >= 4 is 11.6 Å². The van der Waals surface area contributed by atoms with Crippen LogP contribution in [0.1, 0.15) is 35.5 Å². The van der Waals surface area contributed by atoms with Gasteiger partial charge >= 0.3 is 0 Å². The minimum atomic E-state index is 0.0318. The Morgan fingerprint density at radius 2 is 1.89 bits per heavy atom. The van der Waals surface area contributed by atoms with Crippen LogP contribution < -0.4 is 4.74 Å². The highest BCUT2D eigenvalue weighted by Gasteiger charge is 2.26. The lowest BCUT2D eigenvalue weighted by molar-refractivity contribution is -0.0586. The van der Waals surface area contributed by atoms with Gasteiger partial charge < -0.3 is 18.8 Å². The largest absolute Gasteiger partial charge is 0.487 e. The summed E-state index contributed by atoms with van der Waals surface area (Å²) >= 11 is 0. The summed E-state index contributed by atoms with van der Waals surface area (Å²) in [4.78, 5) is 19.2. The second-order valence-corrected chi connectivity index (χ2v) is 7.43. The molecule has 0 N–H and O–H groups in total. The van der Waals surface area contributed by atoms with Crippen LogP contribution in [0.3, 0.4) is 0 Å². The number of benzene rings is 1. The number of carbonyl (C=O) groups is 1. The normalized spacial score (nSPS) is 19.8. The smallest absolute Gasteiger partial charge is 0.254 e. The minimum absolute atomic E-state index is 0.0318. The summed E-state index contributed by atoms with van der Waals surface area (Å²) in [6.07, 6.45) is 4.07. The minimum Gasteiger partial charge on any atom is -0.487 e. The molecule has 146 valence electrons. The molecule has 6 heteroatoms. The molecule has 3 aromatic rings. The van der Waals surface area contributed by atoms with Crippen LogP contribution in [0.2, 0.25) is 0 Å². The van der Waals surface area contributed by atoms with Gasteiger partial charge in [-0.15, -0.1) is 0 Å². The molecule has 2 atom stereocenters. The van der Waals surface area contributed by atoms with E-state index in [1.165, 1.54) is 0 Å². The van der Waals surface area contributed by atoms with E-state index in [2.05, 4.69) is 4.98 Å². The van der Waals surface area contributed by atoms with Crippen LogP contribution in [0.5, 0.6) is 5.75 Å². The molecule has 28 heavy (non-hydrogen) atoms. The van der Waals surface area contributed by atoms with E-state index in [9.17, 15) is 4.79 Å². The van der Waals surface area contributed by atoms with Gasteiger partial charge in [0.15, 0.2) is 0 Å². The van der Waals surface area contributed by atoms with Gasteiger partial charge in [0.05, 0.1) is 17.9 Å². The fraction of sp³-hybridized carbons (Fsp3) is 0.364. The number of fused-ring (bicyclic) bond motifs is 1. The van der Waals surface area contributed by atoms with Crippen molar-refractivity contribution in [2.75, 3.05) is 13.1 Å². The Labute approximate surface area is 164 Å². The Hall–Kier alpha value is -2.86. The molecule has 1 amide bonds. The van der Waals surface area contributed by atoms with Gasteiger partial charge in [0.2, 0.25) is 0 Å². The van der Waals surface area contributed by atoms with Crippen LogP contribution in [-0.2, 0) is 11.3 Å². The number of nitrogens with zero attached hydrogens (tertiary/aromatic N) is 3. The molecule has 0 spiro atoms. The Kier molecular flexibility index (Phi) is 5.05. The van der Waals surface area contributed by atoms with Crippen molar-refractivity contribution in [1.29, 1.82) is 0 Å². The molecule has 1 aliphatic rings. The maximum Gasteiger partial charge on any atom is 0.254 e. The number of morpholine rings is 1. The topological polar surface area (TPSA) is 56.1 Å². The molecular weight excluding hydrogens is 354 g/mol. The summed E-state index contributed by atoms with van der Waals surface area (Å²) in [6.45, 7) is 7.65. The summed E-state index contributed by atoms with van der Waals surface area (Å²) in [7, 11) is 0. The fourth-order valence-electron chi connectivity index (χ4n) is 3.65. The summed E-state index contributed by atoms with van der Waals surface area (Å²) in [5, 5.41) is 0. The predicted molar refractivity (Wildman–Crippen MR) is 107 cm³/mol. The first kappa shape index (κ1) is 18.5. The van der Waals surface area contributed by atoms with Gasteiger partial charge in [-0.05, 0) is 56.7 Å². The molecule has 1 saturated heterocycles. The van der Waals surface area contributed by atoms with E-state index in [1.54, 1.807) is 0 Å². The van der Waals surface area contributed by atoms with E-state index in [4.69, 9.17) is 9.47 Å². The maximum absolute atomic E-state index is 12.7. The van der Waals surface area contributed by atoms with E-state index in [0.29, 0.717) is 31.0 Å². The summed E-state index contributed by atoms with van der Waals surface area (Å²) in [5.41, 5.74) is 3.60. The van der Waals surface area contributed by atoms with Gasteiger partial charge in [-0.25, -0.2) is 4.98 Å². The second kappa shape index (κ2) is 7.64. The average Bonchev–Trinajstić information content (AvgIpc) is 3.10. The third-order valence-corrected chi connectivity index (χ3v) is 4.92. The first-order valence-electron chi connectivity index (χ1n) is 9.60. The van der Waals surface area contributed by atoms with Crippen LogP contribution in [-0.4, -0.2) is 45.5 Å². The third-order valence-electron chi connectivity index (χ3n) is 4.92. The Morgan fingerprint density at radius 3 is 2.57 bits per heavy atom. The quantitative estimate of drug-likeness (QED) is 0.697. The Morgan fingerprint density at radius 1 is 1.18 bits per heavy atom. The number of carbonyl (C=O) groups excluding carboxylic acids is 1. The lowest BCUT2D eigenvalue weighted by atomic mass is 10.1. The van der Waals surface area contributed by atoms with E-state index in [0.717, 1.165) is 16.9 Å². The monoisotopic (exact) mass is 379 g/mol. The fourth-order valence-corrected chi connectivity index (χ4v) is 3.65. The number of aromatic nitrogens is 2. The Balaban J connectivity index is 1.40. The van der Waals surface area contributed by atoms with Crippen molar-refractivity contribution in [2.24, 2.45) is 0 Å². The molecule has 0 aliphatic carbocycles. The van der Waals surface area contributed by atoms with Crippen molar-refractivity contribution < 1.29 is 14.3 Å². The molecule has 2 aromatic heterocycles. The average molecular weight is 379 g/mol. The lowest BCUT2D eigenvalue weighted by Gasteiger charge is -2.35. The number of imidazole rings is 1. The van der Waals surface area contributed by atoms with Crippen molar-refractivity contribution in [3.05, 3.63) is 65.6 Å². The highest BCUT2D eigenvalue weighted by molar-refractivity contribution is 5.94. The number of rotatable bonds is 4. The van der Waals surface area contributed by atoms with Crippen molar-refractivity contribution in [1.82, 2.24) is 14.3 Å². The summed E-state index contributed by atoms with van der Waals surface area (Å²) in [6, 6.07) is 11.3. The summed E-state index contributed by atoms with van der Waals surface area (Å²) in [5.74, 6) is 0.749. The number of aryl methyl sites for hydroxylation is 1. The number of pyridine rings is 1. The van der Waals surface area contributed by atoms with Gasteiger partial charge in [-0.3, -0.25) is 4.79 Å². The van der Waals surface area contributed by atoms with Gasteiger partial charge in [0.1, 0.15) is 18.0 Å². The molecule has 0 bridgehead atoms. The van der Waals surface area contributed by atoms with Crippen molar-refractivity contribution in [3.63, 3.8) is 0 Å².